The molecule has 2 aliphatic rings. The molecule has 1 aliphatic heterocycles. The van der Waals surface area contributed by atoms with E-state index in [4.69, 9.17) is 23.2 Å². The Bertz CT molecular complexity index is 651. The maximum absolute atomic E-state index is 12.1. The van der Waals surface area contributed by atoms with Crippen LogP contribution in [0.15, 0.2) is 42.5 Å². The number of rotatable bonds is 2. The van der Waals surface area contributed by atoms with E-state index < -0.39 is 5.91 Å². The number of fused-ring (bicyclic) bond motifs is 1. The normalized spacial score (nSPS) is 24.4. The van der Waals surface area contributed by atoms with Crippen molar-refractivity contribution in [2.45, 2.75) is 12.6 Å². The molecule has 2 unspecified atom stereocenters. The summed E-state index contributed by atoms with van der Waals surface area (Å²) in [7, 11) is 0. The minimum atomic E-state index is -0.442. The molecule has 20 heavy (non-hydrogen) atoms. The Morgan fingerprint density at radius 1 is 1.05 bits per heavy atom. The Morgan fingerprint density at radius 3 is 2.55 bits per heavy atom. The number of allylic oxidation sites excluding steroid dienone is 2. The quantitative estimate of drug-likeness (QED) is 0.788. The van der Waals surface area contributed by atoms with Gasteiger partial charge in [-0.25, -0.2) is 0 Å². The molecular weight excluding hydrogens is 297 g/mol. The lowest BCUT2D eigenvalue weighted by Gasteiger charge is -2.24. The minimum absolute atomic E-state index is 0.200. The zero-order chi connectivity index (χ0) is 14.3. The van der Waals surface area contributed by atoms with Crippen molar-refractivity contribution in [1.82, 2.24) is 4.90 Å². The number of hydrogen-bond donors (Lipinski definition) is 0. The highest BCUT2D eigenvalue weighted by molar-refractivity contribution is 6.42. The summed E-state index contributed by atoms with van der Waals surface area (Å²) in [5.41, 5.74) is 0.851. The lowest BCUT2D eigenvalue weighted by molar-refractivity contribution is -0.141. The number of benzene rings is 1. The molecule has 1 aromatic carbocycles. The van der Waals surface area contributed by atoms with Gasteiger partial charge in [-0.1, -0.05) is 53.6 Å². The first-order valence-electron chi connectivity index (χ1n) is 6.21. The van der Waals surface area contributed by atoms with Crippen LogP contribution in [0.4, 0.5) is 0 Å². The third-order valence-corrected chi connectivity index (χ3v) is 4.32. The number of carbonyl (C=O) groups is 2. The fourth-order valence-electron chi connectivity index (χ4n) is 2.57. The molecule has 0 radical (unpaired) electrons. The number of amides is 1. The molecule has 3 rings (SSSR count). The Morgan fingerprint density at radius 2 is 1.80 bits per heavy atom. The van der Waals surface area contributed by atoms with Gasteiger partial charge in [0.1, 0.15) is 0 Å². The number of carbonyl (C=O) groups excluding carboxylic acids is 2. The predicted octanol–water partition coefficient (Wildman–Crippen LogP) is 3.02. The monoisotopic (exact) mass is 307 g/mol. The van der Waals surface area contributed by atoms with Crippen LogP contribution in [0.2, 0.25) is 10.0 Å². The van der Waals surface area contributed by atoms with Crippen molar-refractivity contribution in [2.75, 3.05) is 0 Å². The Labute approximate surface area is 126 Å². The summed E-state index contributed by atoms with van der Waals surface area (Å²) < 4.78 is 0. The third-order valence-electron chi connectivity index (χ3n) is 3.58. The van der Waals surface area contributed by atoms with Crippen molar-refractivity contribution in [2.24, 2.45) is 5.92 Å². The van der Waals surface area contributed by atoms with Crippen molar-refractivity contribution >= 4 is 34.9 Å². The van der Waals surface area contributed by atoms with Crippen LogP contribution in [0.3, 0.4) is 0 Å². The number of halogens is 2. The molecule has 0 spiro atoms. The SMILES string of the molecule is O=C1C(=O)N(Cc2ccc(Cl)c(Cl)c2)C2C=CC=CC12. The molecule has 0 saturated carbocycles. The molecule has 1 aliphatic carbocycles. The molecule has 1 aromatic rings. The molecule has 1 saturated heterocycles. The second-order valence-electron chi connectivity index (χ2n) is 4.83. The Kier molecular flexibility index (Phi) is 3.40. The van der Waals surface area contributed by atoms with Crippen LogP contribution in [0, 0.1) is 5.92 Å². The summed E-state index contributed by atoms with van der Waals surface area (Å²) in [5.74, 6) is -1.16. The number of nitrogens with zero attached hydrogens (tertiary/aromatic N) is 1. The smallest absolute Gasteiger partial charge is 0.291 e. The maximum atomic E-state index is 12.1. The van der Waals surface area contributed by atoms with Crippen LogP contribution in [0.25, 0.3) is 0 Å². The topological polar surface area (TPSA) is 37.4 Å². The van der Waals surface area contributed by atoms with Crippen LogP contribution < -0.4 is 0 Å². The van der Waals surface area contributed by atoms with Crippen molar-refractivity contribution in [1.29, 1.82) is 0 Å². The standard InChI is InChI=1S/C15H11Cl2NO2/c16-11-6-5-9(7-12(11)17)8-18-13-4-2-1-3-10(13)14(19)15(18)20/h1-7,10,13H,8H2. The largest absolute Gasteiger partial charge is 0.324 e. The van der Waals surface area contributed by atoms with E-state index in [0.717, 1.165) is 5.56 Å². The summed E-state index contributed by atoms with van der Waals surface area (Å²) >= 11 is 11.8. The molecule has 0 aromatic heterocycles. The van der Waals surface area contributed by atoms with Gasteiger partial charge in [0, 0.05) is 6.54 Å². The van der Waals surface area contributed by atoms with Gasteiger partial charge in [-0.2, -0.15) is 0 Å². The van der Waals surface area contributed by atoms with E-state index in [1.807, 2.05) is 18.2 Å². The van der Waals surface area contributed by atoms with E-state index in [-0.39, 0.29) is 17.7 Å². The van der Waals surface area contributed by atoms with Gasteiger partial charge in [-0.15, -0.1) is 0 Å². The third kappa shape index (κ3) is 2.17. The van der Waals surface area contributed by atoms with Gasteiger partial charge in [-0.05, 0) is 17.7 Å². The van der Waals surface area contributed by atoms with Gasteiger partial charge in [0.25, 0.3) is 5.91 Å². The first kappa shape index (κ1) is 13.4. The first-order valence-corrected chi connectivity index (χ1v) is 6.97. The zero-order valence-electron chi connectivity index (χ0n) is 10.4. The highest BCUT2D eigenvalue weighted by Crippen LogP contribution is 2.30. The van der Waals surface area contributed by atoms with Gasteiger partial charge in [0.05, 0.1) is 22.0 Å². The van der Waals surface area contributed by atoms with Gasteiger partial charge in [0.15, 0.2) is 0 Å². The van der Waals surface area contributed by atoms with Crippen LogP contribution in [0.1, 0.15) is 5.56 Å². The minimum Gasteiger partial charge on any atom is -0.324 e. The van der Waals surface area contributed by atoms with E-state index in [9.17, 15) is 9.59 Å². The zero-order valence-corrected chi connectivity index (χ0v) is 11.9. The van der Waals surface area contributed by atoms with Gasteiger partial charge in [-0.3, -0.25) is 9.59 Å². The van der Waals surface area contributed by atoms with Crippen LogP contribution >= 0.6 is 23.2 Å². The Balaban J connectivity index is 1.88. The van der Waals surface area contributed by atoms with Gasteiger partial charge >= 0.3 is 0 Å². The van der Waals surface area contributed by atoms with Crippen molar-refractivity contribution in [3.05, 3.63) is 58.1 Å². The van der Waals surface area contributed by atoms with E-state index in [1.165, 1.54) is 0 Å². The van der Waals surface area contributed by atoms with Crippen molar-refractivity contribution in [3.8, 4) is 0 Å². The Hall–Kier alpha value is -1.58. The summed E-state index contributed by atoms with van der Waals surface area (Å²) in [6.45, 7) is 0.348. The number of Topliss-reactive ketones (excluding diaryl/α,β-unsaturated/α-hetero) is 1. The molecule has 3 nitrogen and oxygen atoms in total. The van der Waals surface area contributed by atoms with Crippen LogP contribution in [-0.4, -0.2) is 22.6 Å². The van der Waals surface area contributed by atoms with E-state index in [0.29, 0.717) is 16.6 Å². The van der Waals surface area contributed by atoms with Crippen LogP contribution in [0.5, 0.6) is 0 Å². The molecule has 1 fully saturated rings. The van der Waals surface area contributed by atoms with E-state index in [1.54, 1.807) is 29.2 Å². The van der Waals surface area contributed by atoms with Gasteiger partial charge in [0.2, 0.25) is 5.78 Å². The fraction of sp³-hybridized carbons (Fsp3) is 0.200. The summed E-state index contributed by atoms with van der Waals surface area (Å²) in [5, 5.41) is 0.912. The van der Waals surface area contributed by atoms with E-state index in [2.05, 4.69) is 0 Å². The number of ketones is 1. The fourth-order valence-corrected chi connectivity index (χ4v) is 2.89. The predicted molar refractivity (Wildman–Crippen MR) is 77.6 cm³/mol. The highest BCUT2D eigenvalue weighted by Gasteiger charge is 2.45. The number of likely N-dealkylation sites (tertiary alicyclic amines) is 1. The highest BCUT2D eigenvalue weighted by atomic mass is 35.5. The maximum Gasteiger partial charge on any atom is 0.291 e. The molecule has 2 atom stereocenters. The first-order chi connectivity index (χ1) is 9.58. The molecule has 5 heteroatoms. The second-order valence-corrected chi connectivity index (χ2v) is 5.65. The van der Waals surface area contributed by atoms with Crippen molar-refractivity contribution < 1.29 is 9.59 Å². The molecule has 102 valence electrons. The molecule has 1 heterocycles. The lowest BCUT2D eigenvalue weighted by Crippen LogP contribution is -2.33. The summed E-state index contributed by atoms with van der Waals surface area (Å²) in [6.07, 6.45) is 7.31. The lowest BCUT2D eigenvalue weighted by atomic mass is 9.95. The van der Waals surface area contributed by atoms with Crippen molar-refractivity contribution in [3.63, 3.8) is 0 Å². The summed E-state index contributed by atoms with van der Waals surface area (Å²) in [4.78, 5) is 25.6. The van der Waals surface area contributed by atoms with E-state index >= 15 is 0 Å². The number of hydrogen-bond acceptors (Lipinski definition) is 2. The molecule has 0 bridgehead atoms. The molecular formula is C15H11Cl2NO2. The van der Waals surface area contributed by atoms with Crippen LogP contribution in [-0.2, 0) is 16.1 Å². The molecule has 0 N–H and O–H groups in total. The summed E-state index contributed by atoms with van der Waals surface area (Å²) in [6, 6.07) is 5.02. The van der Waals surface area contributed by atoms with Gasteiger partial charge < -0.3 is 4.90 Å². The molecule has 1 amide bonds. The average molecular weight is 308 g/mol. The average Bonchev–Trinajstić information content (AvgIpc) is 2.69. The second kappa shape index (κ2) is 5.08.